The Morgan fingerprint density at radius 1 is 0.557 bits per heavy atom. The van der Waals surface area contributed by atoms with E-state index in [1.807, 2.05) is 45.4 Å². The quantitative estimate of drug-likeness (QED) is 0.0121. The summed E-state index contributed by atoms with van der Waals surface area (Å²) in [6.45, 7) is 4.17. The molecule has 0 spiro atoms. The van der Waals surface area contributed by atoms with Crippen molar-refractivity contribution in [3.8, 4) is 0 Å². The average molecular weight is 879 g/mol. The number of quaternary nitrogens is 1. The molecule has 0 rings (SSSR count). The Balaban J connectivity index is 4.43. The van der Waals surface area contributed by atoms with Gasteiger partial charge in [0.1, 0.15) is 19.8 Å². The van der Waals surface area contributed by atoms with Crippen LogP contribution in [-0.4, -0.2) is 80.7 Å². The monoisotopic (exact) mass is 879 g/mol. The van der Waals surface area contributed by atoms with E-state index in [4.69, 9.17) is 18.5 Å². The molecule has 0 saturated heterocycles. The summed E-state index contributed by atoms with van der Waals surface area (Å²) in [4.78, 5) is 47.2. The first-order valence-electron chi connectivity index (χ1n) is 24.0. The molecule has 0 aliphatic rings. The molecule has 0 aliphatic heterocycles. The van der Waals surface area contributed by atoms with Crippen LogP contribution in [0, 0.1) is 0 Å². The van der Waals surface area contributed by atoms with E-state index in [1.165, 1.54) is 83.5 Å². The molecule has 0 aromatic carbocycles. The van der Waals surface area contributed by atoms with Gasteiger partial charge in [-0.25, -0.2) is 4.57 Å². The van der Waals surface area contributed by atoms with Crippen LogP contribution in [0.15, 0.2) is 60.8 Å². The maximum Gasteiger partial charge on any atom is 0.472 e. The zero-order valence-corrected chi connectivity index (χ0v) is 40.3. The lowest BCUT2D eigenvalue weighted by atomic mass is 10.1. The summed E-state index contributed by atoms with van der Waals surface area (Å²) in [5.74, 6) is -0.731. The molecule has 0 bridgehead atoms. The molecule has 11 heteroatoms. The van der Waals surface area contributed by atoms with E-state index >= 15 is 0 Å². The number of ketones is 1. The first-order valence-corrected chi connectivity index (χ1v) is 25.5. The van der Waals surface area contributed by atoms with E-state index in [0.29, 0.717) is 36.7 Å². The predicted octanol–water partition coefficient (Wildman–Crippen LogP) is 13.2. The van der Waals surface area contributed by atoms with Gasteiger partial charge in [-0.2, -0.15) is 0 Å². The smallest absolute Gasteiger partial charge is 0.462 e. The minimum absolute atomic E-state index is 0.0109. The molecule has 0 fully saturated rings. The van der Waals surface area contributed by atoms with Crippen LogP contribution < -0.4 is 0 Å². The highest BCUT2D eigenvalue weighted by Crippen LogP contribution is 2.43. The first kappa shape index (κ1) is 58.4. The number of hydrogen-bond acceptors (Lipinski definition) is 8. The molecule has 61 heavy (non-hydrogen) atoms. The van der Waals surface area contributed by atoms with E-state index in [0.717, 1.165) is 51.4 Å². The molecular formula is C50H89NO9P+. The summed E-state index contributed by atoms with van der Waals surface area (Å²) in [7, 11) is 1.41. The van der Waals surface area contributed by atoms with Crippen molar-refractivity contribution in [2.45, 2.75) is 193 Å². The van der Waals surface area contributed by atoms with E-state index in [9.17, 15) is 23.8 Å². The Morgan fingerprint density at radius 2 is 1.05 bits per heavy atom. The SMILES string of the molecule is CCCCCCCC/C=C\CCCCCCCCCCCC(=O)O[C@H](COC(=O)CCC/C=C\C/C=C\C/C=C\C=C\C(=O)CCCCC)COP(=O)(O)OCC[N+](C)(C)C. The van der Waals surface area contributed by atoms with Crippen LogP contribution in [0.1, 0.15) is 187 Å². The molecule has 1 unspecified atom stereocenters. The van der Waals surface area contributed by atoms with Gasteiger partial charge in [0, 0.05) is 19.3 Å². The van der Waals surface area contributed by atoms with Gasteiger partial charge in [0.15, 0.2) is 11.9 Å². The summed E-state index contributed by atoms with van der Waals surface area (Å²) in [5, 5.41) is 0. The van der Waals surface area contributed by atoms with Crippen molar-refractivity contribution in [3.63, 3.8) is 0 Å². The number of likely N-dealkylation sites (N-methyl/N-ethyl adjacent to an activating group) is 1. The van der Waals surface area contributed by atoms with Crippen molar-refractivity contribution in [1.82, 2.24) is 0 Å². The largest absolute Gasteiger partial charge is 0.472 e. The Hall–Kier alpha value is -2.62. The Bertz CT molecular complexity index is 1280. The fraction of sp³-hybridized carbons (Fsp3) is 0.740. The topological polar surface area (TPSA) is 125 Å². The lowest BCUT2D eigenvalue weighted by Gasteiger charge is -2.24. The summed E-state index contributed by atoms with van der Waals surface area (Å²) >= 11 is 0. The second-order valence-corrected chi connectivity index (χ2v) is 18.6. The molecule has 1 N–H and O–H groups in total. The summed E-state index contributed by atoms with van der Waals surface area (Å²) in [6.07, 6.45) is 46.8. The van der Waals surface area contributed by atoms with E-state index in [2.05, 4.69) is 38.2 Å². The Kier molecular flexibility index (Phi) is 39.6. The fourth-order valence-electron chi connectivity index (χ4n) is 6.19. The predicted molar refractivity (Wildman–Crippen MR) is 252 cm³/mol. The van der Waals surface area contributed by atoms with Gasteiger partial charge in [0.2, 0.25) is 0 Å². The van der Waals surface area contributed by atoms with Gasteiger partial charge >= 0.3 is 19.8 Å². The van der Waals surface area contributed by atoms with Crippen molar-refractivity contribution in [2.24, 2.45) is 0 Å². The molecule has 2 atom stereocenters. The molecule has 0 saturated carbocycles. The second-order valence-electron chi connectivity index (χ2n) is 17.2. The van der Waals surface area contributed by atoms with Crippen molar-refractivity contribution in [3.05, 3.63) is 60.8 Å². The van der Waals surface area contributed by atoms with Crippen LogP contribution in [0.25, 0.3) is 0 Å². The van der Waals surface area contributed by atoms with Gasteiger partial charge < -0.3 is 18.9 Å². The number of unbranched alkanes of at least 4 members (excludes halogenated alkanes) is 18. The third-order valence-corrected chi connectivity index (χ3v) is 11.0. The molecule has 352 valence electrons. The molecule has 0 aromatic heterocycles. The van der Waals surface area contributed by atoms with Crippen molar-refractivity contribution < 1.29 is 46.8 Å². The van der Waals surface area contributed by atoms with Gasteiger partial charge in [-0.3, -0.25) is 23.4 Å². The van der Waals surface area contributed by atoms with Crippen LogP contribution in [0.2, 0.25) is 0 Å². The van der Waals surface area contributed by atoms with Crippen LogP contribution in [0.5, 0.6) is 0 Å². The van der Waals surface area contributed by atoms with E-state index in [1.54, 1.807) is 12.2 Å². The third kappa shape index (κ3) is 45.2. The highest BCUT2D eigenvalue weighted by Gasteiger charge is 2.27. The number of nitrogens with zero attached hydrogens (tertiary/aromatic N) is 1. The maximum atomic E-state index is 12.7. The molecular weight excluding hydrogens is 790 g/mol. The number of rotatable bonds is 43. The maximum absolute atomic E-state index is 12.7. The standard InChI is InChI=1S/C50H88NO9P/c1-6-8-10-11-12-13-14-15-16-17-18-19-20-21-24-28-31-34-38-42-50(54)60-48(46-59-61(55,56)58-44-43-51(3,4)5)45-57-49(53)41-37-33-30-27-25-22-23-26-29-32-36-40-47(52)39-35-9-7-2/h15-16,22-23,27,29-30,32,36,40,48H,6-14,17-21,24-26,28,31,33-35,37-39,41-46H2,1-5H3/p+1/b16-15-,23-22-,30-27-,32-29-,40-36+/t48-/m1/s1. The number of esters is 2. The van der Waals surface area contributed by atoms with Gasteiger partial charge in [0.05, 0.1) is 27.7 Å². The lowest BCUT2D eigenvalue weighted by molar-refractivity contribution is -0.870. The van der Waals surface area contributed by atoms with Crippen LogP contribution in [0.3, 0.4) is 0 Å². The Morgan fingerprint density at radius 3 is 1.67 bits per heavy atom. The Labute approximate surface area is 372 Å². The van der Waals surface area contributed by atoms with Crippen LogP contribution >= 0.6 is 7.82 Å². The number of phosphoric ester groups is 1. The zero-order chi connectivity index (χ0) is 45.1. The lowest BCUT2D eigenvalue weighted by Crippen LogP contribution is -2.37. The molecule has 0 aromatic rings. The summed E-state index contributed by atoms with van der Waals surface area (Å²) < 4.78 is 34.3. The fourth-order valence-corrected chi connectivity index (χ4v) is 6.93. The van der Waals surface area contributed by atoms with Gasteiger partial charge in [-0.05, 0) is 70.3 Å². The minimum Gasteiger partial charge on any atom is -0.462 e. The van der Waals surface area contributed by atoms with Crippen molar-refractivity contribution in [2.75, 3.05) is 47.5 Å². The second kappa shape index (κ2) is 41.4. The number of carbonyl (C=O) groups is 3. The highest BCUT2D eigenvalue weighted by atomic mass is 31.2. The van der Waals surface area contributed by atoms with Crippen LogP contribution in [-0.2, 0) is 37.5 Å². The molecule has 0 amide bonds. The highest BCUT2D eigenvalue weighted by molar-refractivity contribution is 7.47. The number of phosphoric acid groups is 1. The number of hydrogen-bond donors (Lipinski definition) is 1. The van der Waals surface area contributed by atoms with Gasteiger partial charge in [-0.1, -0.05) is 158 Å². The van der Waals surface area contributed by atoms with Crippen molar-refractivity contribution in [1.29, 1.82) is 0 Å². The molecule has 10 nitrogen and oxygen atoms in total. The summed E-state index contributed by atoms with van der Waals surface area (Å²) in [6, 6.07) is 0. The average Bonchev–Trinajstić information content (AvgIpc) is 3.21. The molecule has 0 heterocycles. The van der Waals surface area contributed by atoms with Gasteiger partial charge in [0.25, 0.3) is 0 Å². The van der Waals surface area contributed by atoms with E-state index < -0.39 is 32.5 Å². The summed E-state index contributed by atoms with van der Waals surface area (Å²) in [5.41, 5.74) is 0. The van der Waals surface area contributed by atoms with E-state index in [-0.39, 0.29) is 31.8 Å². The number of carbonyl (C=O) groups excluding carboxylic acids is 3. The first-order chi connectivity index (χ1) is 29.4. The zero-order valence-electron chi connectivity index (χ0n) is 39.4. The minimum atomic E-state index is -4.41. The van der Waals surface area contributed by atoms with Crippen molar-refractivity contribution >= 4 is 25.5 Å². The van der Waals surface area contributed by atoms with Gasteiger partial charge in [-0.15, -0.1) is 0 Å². The normalized spacial score (nSPS) is 13.9. The van der Waals surface area contributed by atoms with Crippen LogP contribution in [0.4, 0.5) is 0 Å². The number of allylic oxidation sites excluding steroid dienone is 10. The number of ether oxygens (including phenoxy) is 2. The molecule has 0 aliphatic carbocycles. The third-order valence-electron chi connectivity index (χ3n) is 10.00. The molecule has 0 radical (unpaired) electrons.